The molecule has 1 heterocycles. The molecule has 1 aromatic heterocycles. The van der Waals surface area contributed by atoms with Crippen LogP contribution in [0.2, 0.25) is 0 Å². The number of rotatable bonds is 5. The summed E-state index contributed by atoms with van der Waals surface area (Å²) in [6.45, 7) is 12.5. The van der Waals surface area contributed by atoms with Crippen LogP contribution in [0.4, 0.5) is 0 Å². The molecule has 1 aromatic carbocycles. The Hall–Kier alpha value is -1.54. The Morgan fingerprint density at radius 3 is 2.68 bits per heavy atom. The van der Waals surface area contributed by atoms with Gasteiger partial charge in [0.25, 0.3) is 0 Å². The largest absolute Gasteiger partial charge is 0.344 e. The van der Waals surface area contributed by atoms with Gasteiger partial charge in [0.15, 0.2) is 0 Å². The lowest BCUT2D eigenvalue weighted by Gasteiger charge is -2.08. The van der Waals surface area contributed by atoms with Gasteiger partial charge in [-0.2, -0.15) is 0 Å². The molecule has 0 unspecified atom stereocenters. The molecule has 0 aliphatic carbocycles. The number of benzene rings is 1. The molecule has 0 saturated heterocycles. The van der Waals surface area contributed by atoms with Crippen molar-refractivity contribution in [1.29, 1.82) is 0 Å². The highest BCUT2D eigenvalue weighted by atomic mass is 15.0. The summed E-state index contributed by atoms with van der Waals surface area (Å²) >= 11 is 0. The van der Waals surface area contributed by atoms with Crippen LogP contribution in [0.3, 0.4) is 0 Å². The van der Waals surface area contributed by atoms with Gasteiger partial charge in [-0.3, -0.25) is 0 Å². The van der Waals surface area contributed by atoms with Gasteiger partial charge in [-0.15, -0.1) is 6.58 Å². The first-order valence-electron chi connectivity index (χ1n) is 6.92. The fraction of sp³-hybridized carbons (Fsp3) is 0.412. The number of fused-ring (bicyclic) bond motifs is 1. The molecule has 2 heteroatoms. The summed E-state index contributed by atoms with van der Waals surface area (Å²) in [7, 11) is 1.99. The Kier molecular flexibility index (Phi) is 4.11. The summed E-state index contributed by atoms with van der Waals surface area (Å²) in [6.07, 6.45) is 1.04. The van der Waals surface area contributed by atoms with Crippen LogP contribution in [0.15, 0.2) is 30.4 Å². The van der Waals surface area contributed by atoms with E-state index in [2.05, 4.69) is 55.4 Å². The van der Waals surface area contributed by atoms with E-state index >= 15 is 0 Å². The smallest absolute Gasteiger partial charge is 0.0485 e. The molecule has 0 radical (unpaired) electrons. The van der Waals surface area contributed by atoms with Crippen molar-refractivity contribution >= 4 is 10.9 Å². The maximum absolute atomic E-state index is 4.00. The Labute approximate surface area is 116 Å². The van der Waals surface area contributed by atoms with Crippen molar-refractivity contribution in [2.75, 3.05) is 7.05 Å². The van der Waals surface area contributed by atoms with Crippen molar-refractivity contribution < 1.29 is 0 Å². The summed E-state index contributed by atoms with van der Waals surface area (Å²) < 4.78 is 2.42. The lowest BCUT2D eigenvalue weighted by molar-refractivity contribution is 0.697. The zero-order chi connectivity index (χ0) is 14.0. The van der Waals surface area contributed by atoms with Crippen LogP contribution >= 0.6 is 0 Å². The van der Waals surface area contributed by atoms with Crippen molar-refractivity contribution in [3.05, 3.63) is 47.2 Å². The third-order valence-corrected chi connectivity index (χ3v) is 3.85. The SMILES string of the molecule is C=C(C)CCn1c(C)c(C)c2cc(CNC)ccc21. The molecule has 0 spiro atoms. The molecule has 1 N–H and O–H groups in total. The van der Waals surface area contributed by atoms with Crippen LogP contribution in [-0.2, 0) is 13.1 Å². The van der Waals surface area contributed by atoms with Gasteiger partial charge in [-0.25, -0.2) is 0 Å². The average molecular weight is 256 g/mol. The van der Waals surface area contributed by atoms with E-state index in [4.69, 9.17) is 0 Å². The van der Waals surface area contributed by atoms with E-state index in [1.54, 1.807) is 0 Å². The zero-order valence-corrected chi connectivity index (χ0v) is 12.5. The number of allylic oxidation sites excluding steroid dienone is 1. The minimum absolute atomic E-state index is 0.922. The van der Waals surface area contributed by atoms with E-state index < -0.39 is 0 Å². The topological polar surface area (TPSA) is 17.0 Å². The normalized spacial score (nSPS) is 11.2. The van der Waals surface area contributed by atoms with Crippen molar-refractivity contribution in [2.24, 2.45) is 0 Å². The van der Waals surface area contributed by atoms with E-state index in [0.29, 0.717) is 0 Å². The zero-order valence-electron chi connectivity index (χ0n) is 12.5. The van der Waals surface area contributed by atoms with E-state index in [0.717, 1.165) is 19.5 Å². The molecule has 0 bridgehead atoms. The summed E-state index contributed by atoms with van der Waals surface area (Å²) in [5, 5.41) is 4.59. The van der Waals surface area contributed by atoms with Crippen molar-refractivity contribution in [3.8, 4) is 0 Å². The van der Waals surface area contributed by atoms with Crippen molar-refractivity contribution in [3.63, 3.8) is 0 Å². The Morgan fingerprint density at radius 1 is 1.32 bits per heavy atom. The van der Waals surface area contributed by atoms with Crippen LogP contribution in [0, 0.1) is 13.8 Å². The first-order valence-corrected chi connectivity index (χ1v) is 6.92. The minimum atomic E-state index is 0.922. The molecule has 0 aliphatic rings. The first kappa shape index (κ1) is 13.9. The van der Waals surface area contributed by atoms with Crippen LogP contribution in [0.1, 0.15) is 30.2 Å². The van der Waals surface area contributed by atoms with Gasteiger partial charge in [0.1, 0.15) is 0 Å². The number of nitrogens with zero attached hydrogens (tertiary/aromatic N) is 1. The van der Waals surface area contributed by atoms with Gasteiger partial charge in [0.2, 0.25) is 0 Å². The number of hydrogen-bond donors (Lipinski definition) is 1. The monoisotopic (exact) mass is 256 g/mol. The third kappa shape index (κ3) is 2.74. The molecule has 0 aliphatic heterocycles. The van der Waals surface area contributed by atoms with Crippen LogP contribution in [0.5, 0.6) is 0 Å². The third-order valence-electron chi connectivity index (χ3n) is 3.85. The quantitative estimate of drug-likeness (QED) is 0.802. The molecule has 2 rings (SSSR count). The number of aromatic nitrogens is 1. The fourth-order valence-electron chi connectivity index (χ4n) is 2.60. The highest BCUT2D eigenvalue weighted by Gasteiger charge is 2.11. The summed E-state index contributed by atoms with van der Waals surface area (Å²) in [4.78, 5) is 0. The maximum Gasteiger partial charge on any atom is 0.0485 e. The van der Waals surface area contributed by atoms with Gasteiger partial charge in [-0.1, -0.05) is 11.6 Å². The Balaban J connectivity index is 2.47. The molecule has 0 fully saturated rings. The Bertz CT molecular complexity index is 605. The van der Waals surface area contributed by atoms with Gasteiger partial charge < -0.3 is 9.88 Å². The summed E-state index contributed by atoms with van der Waals surface area (Å²) in [5.41, 5.74) is 6.70. The van der Waals surface area contributed by atoms with E-state index in [-0.39, 0.29) is 0 Å². The second kappa shape index (κ2) is 5.62. The fourth-order valence-corrected chi connectivity index (χ4v) is 2.60. The molecule has 19 heavy (non-hydrogen) atoms. The lowest BCUT2D eigenvalue weighted by Crippen LogP contribution is -2.04. The standard InChI is InChI=1S/C17H24N2/c1-12(2)8-9-19-14(4)13(3)16-10-15(11-18-5)6-7-17(16)19/h6-7,10,18H,1,8-9,11H2,2-5H3. The molecule has 0 saturated carbocycles. The van der Waals surface area contributed by atoms with Gasteiger partial charge in [-0.05, 0) is 57.5 Å². The minimum Gasteiger partial charge on any atom is -0.344 e. The summed E-state index contributed by atoms with van der Waals surface area (Å²) in [5.74, 6) is 0. The van der Waals surface area contributed by atoms with Crippen molar-refractivity contribution in [2.45, 2.75) is 40.3 Å². The van der Waals surface area contributed by atoms with Crippen LogP contribution < -0.4 is 5.32 Å². The van der Waals surface area contributed by atoms with E-state index in [1.807, 2.05) is 7.05 Å². The first-order chi connectivity index (χ1) is 9.04. The highest BCUT2D eigenvalue weighted by Crippen LogP contribution is 2.27. The second-order valence-electron chi connectivity index (χ2n) is 5.45. The van der Waals surface area contributed by atoms with Gasteiger partial charge in [0.05, 0.1) is 0 Å². The predicted molar refractivity (Wildman–Crippen MR) is 83.6 cm³/mol. The number of aryl methyl sites for hydroxylation is 2. The average Bonchev–Trinajstić information content (AvgIpc) is 2.61. The van der Waals surface area contributed by atoms with Crippen LogP contribution in [0.25, 0.3) is 10.9 Å². The van der Waals surface area contributed by atoms with Gasteiger partial charge >= 0.3 is 0 Å². The van der Waals surface area contributed by atoms with E-state index in [9.17, 15) is 0 Å². The lowest BCUT2D eigenvalue weighted by atomic mass is 10.1. The summed E-state index contributed by atoms with van der Waals surface area (Å²) in [6, 6.07) is 6.78. The molecule has 2 aromatic rings. The molecule has 0 amide bonds. The Morgan fingerprint density at radius 2 is 2.05 bits per heavy atom. The van der Waals surface area contributed by atoms with Crippen molar-refractivity contribution in [1.82, 2.24) is 9.88 Å². The van der Waals surface area contributed by atoms with Crippen LogP contribution in [-0.4, -0.2) is 11.6 Å². The highest BCUT2D eigenvalue weighted by molar-refractivity contribution is 5.86. The molecular formula is C17H24N2. The molecule has 102 valence electrons. The molecule has 0 atom stereocenters. The predicted octanol–water partition coefficient (Wildman–Crippen LogP) is 3.94. The number of nitrogens with one attached hydrogen (secondary N) is 1. The van der Waals surface area contributed by atoms with Gasteiger partial charge in [0, 0.05) is 29.7 Å². The molecule has 2 nitrogen and oxygen atoms in total. The number of hydrogen-bond acceptors (Lipinski definition) is 1. The maximum atomic E-state index is 4.00. The van der Waals surface area contributed by atoms with E-state index in [1.165, 1.54) is 33.3 Å². The molecular weight excluding hydrogens is 232 g/mol. The second-order valence-corrected chi connectivity index (χ2v) is 5.45.